The van der Waals surface area contributed by atoms with E-state index in [-0.39, 0.29) is 5.75 Å². The van der Waals surface area contributed by atoms with Crippen LogP contribution in [0.1, 0.15) is 30.9 Å². The van der Waals surface area contributed by atoms with Gasteiger partial charge in [0.1, 0.15) is 0 Å². The van der Waals surface area contributed by atoms with Crippen molar-refractivity contribution < 1.29 is 8.76 Å². The minimum Gasteiger partial charge on any atom is -0.772 e. The van der Waals surface area contributed by atoms with E-state index in [4.69, 9.17) is 0 Å². The number of hydrogen-bond donors (Lipinski definition) is 0. The molecule has 0 saturated carbocycles. The van der Waals surface area contributed by atoms with E-state index < -0.39 is 11.1 Å². The van der Waals surface area contributed by atoms with E-state index >= 15 is 0 Å². The van der Waals surface area contributed by atoms with Gasteiger partial charge in [-0.2, -0.15) is 0 Å². The molecule has 0 radical (unpaired) electrons. The fourth-order valence-electron chi connectivity index (χ4n) is 1.13. The van der Waals surface area contributed by atoms with Crippen molar-refractivity contribution in [2.45, 2.75) is 25.5 Å². The van der Waals surface area contributed by atoms with Gasteiger partial charge in [0.15, 0.2) is 0 Å². The molecule has 0 aliphatic heterocycles. The van der Waals surface area contributed by atoms with Crippen molar-refractivity contribution >= 4 is 11.1 Å². The predicted molar refractivity (Wildman–Crippen MR) is 53.2 cm³/mol. The van der Waals surface area contributed by atoms with Crippen LogP contribution >= 0.6 is 0 Å². The Hall–Kier alpha value is -0.670. The van der Waals surface area contributed by atoms with Gasteiger partial charge in [-0.3, -0.25) is 4.21 Å². The van der Waals surface area contributed by atoms with Crippen LogP contribution in [0.25, 0.3) is 0 Å². The van der Waals surface area contributed by atoms with E-state index in [1.807, 2.05) is 24.3 Å². The topological polar surface area (TPSA) is 40.1 Å². The Labute approximate surface area is 81.3 Å². The zero-order chi connectivity index (χ0) is 9.84. The Bertz CT molecular complexity index is 290. The molecule has 1 atom stereocenters. The highest BCUT2D eigenvalue weighted by Crippen LogP contribution is 2.15. The lowest BCUT2D eigenvalue weighted by Crippen LogP contribution is -1.94. The molecular weight excluding hydrogens is 184 g/mol. The second-order valence-corrected chi connectivity index (χ2v) is 4.24. The molecule has 0 aromatic heterocycles. The van der Waals surface area contributed by atoms with E-state index in [1.54, 1.807) is 0 Å². The average Bonchev–Trinajstić information content (AvgIpc) is 2.04. The highest BCUT2D eigenvalue weighted by molar-refractivity contribution is 7.78. The molecule has 1 aromatic rings. The molecular formula is C10H13O2S-. The molecule has 0 spiro atoms. The first-order valence-corrected chi connectivity index (χ1v) is 5.48. The van der Waals surface area contributed by atoms with Crippen LogP contribution in [-0.4, -0.2) is 8.76 Å². The first kappa shape index (κ1) is 10.4. The number of benzene rings is 1. The summed E-state index contributed by atoms with van der Waals surface area (Å²) in [6.45, 7) is 4.22. The highest BCUT2D eigenvalue weighted by atomic mass is 32.2. The van der Waals surface area contributed by atoms with Gasteiger partial charge in [-0.1, -0.05) is 49.2 Å². The second kappa shape index (κ2) is 4.53. The van der Waals surface area contributed by atoms with E-state index in [0.717, 1.165) is 5.56 Å². The Morgan fingerprint density at radius 3 is 2.23 bits per heavy atom. The highest BCUT2D eigenvalue weighted by Gasteiger charge is 1.98. The van der Waals surface area contributed by atoms with Crippen molar-refractivity contribution in [2.24, 2.45) is 0 Å². The van der Waals surface area contributed by atoms with Gasteiger partial charge in [-0.15, -0.1) is 0 Å². The van der Waals surface area contributed by atoms with Crippen LogP contribution in [0, 0.1) is 0 Å². The lowest BCUT2D eigenvalue weighted by atomic mass is 10.0. The Morgan fingerprint density at radius 2 is 1.85 bits per heavy atom. The van der Waals surface area contributed by atoms with E-state index in [0.29, 0.717) is 5.92 Å². The van der Waals surface area contributed by atoms with Gasteiger partial charge >= 0.3 is 0 Å². The predicted octanol–water partition coefficient (Wildman–Crippen LogP) is 2.19. The molecule has 1 unspecified atom stereocenters. The van der Waals surface area contributed by atoms with Crippen molar-refractivity contribution in [1.82, 2.24) is 0 Å². The standard InChI is InChI=1S/C10H14O2S/c1-8(2)10-5-3-9(4-6-10)7-13(11)12/h3-6,8H,7H2,1-2H3,(H,11,12)/p-1. The SMILES string of the molecule is CC(C)c1ccc(CS(=O)[O-])cc1. The quantitative estimate of drug-likeness (QED) is 0.697. The minimum atomic E-state index is -1.98. The van der Waals surface area contributed by atoms with Crippen LogP contribution in [0.5, 0.6) is 0 Å². The van der Waals surface area contributed by atoms with E-state index in [9.17, 15) is 8.76 Å². The molecule has 13 heavy (non-hydrogen) atoms. The van der Waals surface area contributed by atoms with Crippen molar-refractivity contribution in [3.63, 3.8) is 0 Å². The van der Waals surface area contributed by atoms with Crippen molar-refractivity contribution in [2.75, 3.05) is 0 Å². The maximum Gasteiger partial charge on any atom is 0.0353 e. The fourth-order valence-corrected chi connectivity index (χ4v) is 1.60. The maximum absolute atomic E-state index is 10.4. The lowest BCUT2D eigenvalue weighted by molar-refractivity contribution is 0.536. The molecule has 0 saturated heterocycles. The smallest absolute Gasteiger partial charge is 0.0353 e. The molecule has 72 valence electrons. The molecule has 0 aliphatic rings. The van der Waals surface area contributed by atoms with Gasteiger partial charge in [-0.25, -0.2) is 0 Å². The summed E-state index contributed by atoms with van der Waals surface area (Å²) in [7, 11) is 0. The third kappa shape index (κ3) is 3.28. The average molecular weight is 197 g/mol. The number of hydrogen-bond acceptors (Lipinski definition) is 2. The first-order chi connectivity index (χ1) is 6.09. The van der Waals surface area contributed by atoms with Crippen LogP contribution in [0.2, 0.25) is 0 Å². The summed E-state index contributed by atoms with van der Waals surface area (Å²) in [5.74, 6) is 0.602. The van der Waals surface area contributed by atoms with Gasteiger partial charge in [0.05, 0.1) is 0 Å². The van der Waals surface area contributed by atoms with E-state index in [1.165, 1.54) is 5.56 Å². The molecule has 1 aromatic carbocycles. The fraction of sp³-hybridized carbons (Fsp3) is 0.400. The molecule has 0 N–H and O–H groups in total. The summed E-state index contributed by atoms with van der Waals surface area (Å²) < 4.78 is 20.8. The van der Waals surface area contributed by atoms with Crippen LogP contribution in [0.3, 0.4) is 0 Å². The summed E-state index contributed by atoms with van der Waals surface area (Å²) in [5.41, 5.74) is 2.08. The Balaban J connectivity index is 2.75. The number of rotatable bonds is 3. The first-order valence-electron chi connectivity index (χ1n) is 4.24. The third-order valence-electron chi connectivity index (χ3n) is 1.93. The molecule has 3 heteroatoms. The Morgan fingerprint density at radius 1 is 1.31 bits per heavy atom. The zero-order valence-electron chi connectivity index (χ0n) is 7.82. The van der Waals surface area contributed by atoms with Gasteiger partial charge in [-0.05, 0) is 17.0 Å². The largest absolute Gasteiger partial charge is 0.772 e. The monoisotopic (exact) mass is 197 g/mol. The normalized spacial score (nSPS) is 13.2. The molecule has 0 fully saturated rings. The van der Waals surface area contributed by atoms with Crippen molar-refractivity contribution in [3.05, 3.63) is 35.4 Å². The maximum atomic E-state index is 10.4. The molecule has 1 rings (SSSR count). The van der Waals surface area contributed by atoms with Gasteiger partial charge in [0.2, 0.25) is 0 Å². The summed E-state index contributed by atoms with van der Waals surface area (Å²) in [6.07, 6.45) is 0. The van der Waals surface area contributed by atoms with Crippen LogP contribution in [0.15, 0.2) is 24.3 Å². The summed E-state index contributed by atoms with van der Waals surface area (Å²) in [6, 6.07) is 7.69. The molecule has 0 aliphatic carbocycles. The minimum absolute atomic E-state index is 0.109. The third-order valence-corrected chi connectivity index (χ3v) is 2.50. The van der Waals surface area contributed by atoms with Gasteiger partial charge in [0.25, 0.3) is 0 Å². The second-order valence-electron chi connectivity index (χ2n) is 3.34. The van der Waals surface area contributed by atoms with Crippen LogP contribution < -0.4 is 0 Å². The van der Waals surface area contributed by atoms with Crippen LogP contribution in [0.4, 0.5) is 0 Å². The Kier molecular flexibility index (Phi) is 3.63. The lowest BCUT2D eigenvalue weighted by Gasteiger charge is -2.08. The summed E-state index contributed by atoms with van der Waals surface area (Å²) >= 11 is -1.98. The van der Waals surface area contributed by atoms with E-state index in [2.05, 4.69) is 13.8 Å². The van der Waals surface area contributed by atoms with Gasteiger partial charge < -0.3 is 4.55 Å². The van der Waals surface area contributed by atoms with Crippen molar-refractivity contribution in [1.29, 1.82) is 0 Å². The van der Waals surface area contributed by atoms with Crippen molar-refractivity contribution in [3.8, 4) is 0 Å². The molecule has 0 bridgehead atoms. The zero-order valence-corrected chi connectivity index (χ0v) is 8.64. The molecule has 0 heterocycles. The molecule has 2 nitrogen and oxygen atoms in total. The van der Waals surface area contributed by atoms with Crippen LogP contribution in [-0.2, 0) is 16.8 Å². The summed E-state index contributed by atoms with van der Waals surface area (Å²) in [4.78, 5) is 0. The van der Waals surface area contributed by atoms with Gasteiger partial charge in [0, 0.05) is 5.75 Å². The molecule has 0 amide bonds. The summed E-state index contributed by atoms with van der Waals surface area (Å²) in [5, 5.41) is 0.